The number of hydrogen-bond acceptors (Lipinski definition) is 3. The largest absolute Gasteiger partial charge is 0.478 e. The van der Waals surface area contributed by atoms with Crippen LogP contribution in [0.4, 0.5) is 10.1 Å². The topological polar surface area (TPSA) is 63.3 Å². The van der Waals surface area contributed by atoms with Crippen molar-refractivity contribution in [3.63, 3.8) is 0 Å². The molecule has 0 heterocycles. The van der Waals surface area contributed by atoms with Gasteiger partial charge in [-0.25, -0.2) is 9.18 Å². The molecule has 0 saturated carbocycles. The van der Waals surface area contributed by atoms with E-state index in [1.807, 2.05) is 0 Å². The zero-order valence-corrected chi connectivity index (χ0v) is 8.34. The summed E-state index contributed by atoms with van der Waals surface area (Å²) in [4.78, 5) is 10.8. The Hall–Kier alpha value is -1.23. The summed E-state index contributed by atoms with van der Waals surface area (Å²) < 4.78 is 12.8. The molecule has 0 aliphatic heterocycles. The van der Waals surface area contributed by atoms with Crippen LogP contribution in [-0.2, 0) is 4.79 Å². The maximum absolute atomic E-state index is 12.8. The average Bonchev–Trinajstić information content (AvgIpc) is 2.12. The van der Waals surface area contributed by atoms with E-state index >= 15 is 0 Å². The molecule has 1 atom stereocenters. The minimum absolute atomic E-state index is 0.535. The molecule has 0 radical (unpaired) electrons. The van der Waals surface area contributed by atoms with Gasteiger partial charge in [-0.2, -0.15) is 0 Å². The van der Waals surface area contributed by atoms with Crippen LogP contribution in [0.2, 0.25) is 0 Å². The molecule has 1 rings (SSSR count). The number of anilines is 1. The van der Waals surface area contributed by atoms with E-state index < -0.39 is 11.5 Å². The summed E-state index contributed by atoms with van der Waals surface area (Å²) in [6.45, 7) is 1.73. The first-order chi connectivity index (χ1) is 6.52. The second-order valence-corrected chi connectivity index (χ2v) is 3.83. The Morgan fingerprint density at radius 2 is 2.29 bits per heavy atom. The summed E-state index contributed by atoms with van der Waals surface area (Å²) in [5, 5.41) is 8.38. The van der Waals surface area contributed by atoms with E-state index in [0.29, 0.717) is 27.9 Å². The van der Waals surface area contributed by atoms with Gasteiger partial charge in [-0.3, -0.25) is 0 Å². The second-order valence-electron chi connectivity index (χ2n) is 2.74. The van der Waals surface area contributed by atoms with Crippen molar-refractivity contribution in [2.24, 2.45) is 0 Å². The molecular weight excluding hydrogens is 205 g/mol. The molecule has 5 heteroatoms. The highest BCUT2D eigenvalue weighted by Crippen LogP contribution is 2.30. The Labute approximate surface area is 85.1 Å². The van der Waals surface area contributed by atoms with Gasteiger partial charge < -0.3 is 10.8 Å². The first kappa shape index (κ1) is 10.8. The molecule has 0 saturated heterocycles. The monoisotopic (exact) mass is 215 g/mol. The average molecular weight is 215 g/mol. The van der Waals surface area contributed by atoms with Gasteiger partial charge >= 0.3 is 5.97 Å². The minimum atomic E-state index is -1.95. The Bertz CT molecular complexity index is 357. The van der Waals surface area contributed by atoms with Gasteiger partial charge in [0.05, 0.1) is 0 Å². The van der Waals surface area contributed by atoms with E-state index in [9.17, 15) is 9.18 Å². The lowest BCUT2D eigenvalue weighted by atomic mass is 10.2. The van der Waals surface area contributed by atoms with Gasteiger partial charge in [0, 0.05) is 10.6 Å². The zero-order chi connectivity index (χ0) is 10.7. The van der Waals surface area contributed by atoms with Gasteiger partial charge in [-0.1, -0.05) is 17.8 Å². The van der Waals surface area contributed by atoms with Gasteiger partial charge in [0.2, 0.25) is 5.50 Å². The SMILES string of the molecule is Cc1c(N)cccc1SC(F)C(=O)O. The van der Waals surface area contributed by atoms with E-state index in [-0.39, 0.29) is 0 Å². The first-order valence-electron chi connectivity index (χ1n) is 3.91. The van der Waals surface area contributed by atoms with Crippen molar-refractivity contribution in [3.05, 3.63) is 23.8 Å². The Kier molecular flexibility index (Phi) is 3.35. The van der Waals surface area contributed by atoms with E-state index in [1.54, 1.807) is 25.1 Å². The predicted molar refractivity (Wildman–Crippen MR) is 54.0 cm³/mol. The van der Waals surface area contributed by atoms with Crippen LogP contribution in [0.1, 0.15) is 5.56 Å². The zero-order valence-electron chi connectivity index (χ0n) is 7.53. The van der Waals surface area contributed by atoms with Crippen molar-refractivity contribution in [1.29, 1.82) is 0 Å². The third-order valence-corrected chi connectivity index (χ3v) is 2.86. The number of rotatable bonds is 3. The van der Waals surface area contributed by atoms with Crippen LogP contribution in [-0.4, -0.2) is 16.6 Å². The predicted octanol–water partition coefficient (Wildman–Crippen LogP) is 2.05. The maximum atomic E-state index is 12.8. The molecule has 0 aliphatic carbocycles. The number of thioether (sulfide) groups is 1. The number of hydrogen-bond donors (Lipinski definition) is 2. The van der Waals surface area contributed by atoms with Gasteiger partial charge in [-0.05, 0) is 24.6 Å². The maximum Gasteiger partial charge on any atom is 0.349 e. The lowest BCUT2D eigenvalue weighted by Gasteiger charge is -2.08. The smallest absolute Gasteiger partial charge is 0.349 e. The molecule has 0 bridgehead atoms. The second kappa shape index (κ2) is 4.32. The molecule has 0 spiro atoms. The summed E-state index contributed by atoms with van der Waals surface area (Å²) in [6.07, 6.45) is 0. The fourth-order valence-electron chi connectivity index (χ4n) is 0.921. The first-order valence-corrected chi connectivity index (χ1v) is 4.79. The molecule has 0 amide bonds. The standard InChI is InChI=1S/C9H10FNO2S/c1-5-6(11)3-2-4-7(5)14-8(10)9(12)13/h2-4,8H,11H2,1H3,(H,12,13). The van der Waals surface area contributed by atoms with E-state index in [2.05, 4.69) is 0 Å². The number of nitrogen functional groups attached to an aromatic ring is 1. The molecule has 76 valence electrons. The van der Waals surface area contributed by atoms with Crippen molar-refractivity contribution in [1.82, 2.24) is 0 Å². The van der Waals surface area contributed by atoms with Crippen LogP contribution in [0, 0.1) is 6.92 Å². The fraction of sp³-hybridized carbons (Fsp3) is 0.222. The third kappa shape index (κ3) is 2.38. The highest BCUT2D eigenvalue weighted by molar-refractivity contribution is 8.00. The molecular formula is C9H10FNO2S. The Morgan fingerprint density at radius 1 is 1.64 bits per heavy atom. The summed E-state index contributed by atoms with van der Waals surface area (Å²) >= 11 is 0.646. The van der Waals surface area contributed by atoms with Gasteiger partial charge in [0.15, 0.2) is 0 Å². The summed E-state index contributed by atoms with van der Waals surface area (Å²) in [5.41, 5.74) is 4.89. The van der Waals surface area contributed by atoms with Crippen molar-refractivity contribution >= 4 is 23.4 Å². The summed E-state index contributed by atoms with van der Waals surface area (Å²) in [7, 11) is 0. The summed E-state index contributed by atoms with van der Waals surface area (Å²) in [5.74, 6) is -1.48. The van der Waals surface area contributed by atoms with Gasteiger partial charge in [0.1, 0.15) is 0 Å². The van der Waals surface area contributed by atoms with Crippen LogP contribution in [0.25, 0.3) is 0 Å². The van der Waals surface area contributed by atoms with Gasteiger partial charge in [0.25, 0.3) is 0 Å². The Morgan fingerprint density at radius 3 is 2.86 bits per heavy atom. The fourth-order valence-corrected chi connectivity index (χ4v) is 1.70. The molecule has 14 heavy (non-hydrogen) atoms. The van der Waals surface area contributed by atoms with E-state index in [1.165, 1.54) is 0 Å². The number of carboxylic acids is 1. The highest BCUT2D eigenvalue weighted by atomic mass is 32.2. The molecule has 1 aromatic rings. The van der Waals surface area contributed by atoms with Crippen LogP contribution < -0.4 is 5.73 Å². The molecule has 3 nitrogen and oxygen atoms in total. The van der Waals surface area contributed by atoms with Gasteiger partial charge in [-0.15, -0.1) is 0 Å². The molecule has 0 aliphatic rings. The number of halogens is 1. The van der Waals surface area contributed by atoms with Crippen molar-refractivity contribution in [2.45, 2.75) is 17.3 Å². The van der Waals surface area contributed by atoms with Crippen LogP contribution in [0.3, 0.4) is 0 Å². The minimum Gasteiger partial charge on any atom is -0.478 e. The molecule has 1 unspecified atom stereocenters. The van der Waals surface area contributed by atoms with Crippen molar-refractivity contribution in [2.75, 3.05) is 5.73 Å². The lowest BCUT2D eigenvalue weighted by molar-refractivity contribution is -0.139. The Balaban J connectivity index is 2.87. The normalized spacial score (nSPS) is 12.4. The molecule has 0 aromatic heterocycles. The van der Waals surface area contributed by atoms with E-state index in [4.69, 9.17) is 10.8 Å². The van der Waals surface area contributed by atoms with Crippen molar-refractivity contribution < 1.29 is 14.3 Å². The van der Waals surface area contributed by atoms with Crippen LogP contribution in [0.5, 0.6) is 0 Å². The number of alkyl halides is 1. The quantitative estimate of drug-likeness (QED) is 0.598. The van der Waals surface area contributed by atoms with Crippen LogP contribution >= 0.6 is 11.8 Å². The lowest BCUT2D eigenvalue weighted by Crippen LogP contribution is -2.09. The number of benzene rings is 1. The van der Waals surface area contributed by atoms with E-state index in [0.717, 1.165) is 0 Å². The number of carboxylic acid groups (broad SMARTS) is 1. The summed E-state index contributed by atoms with van der Waals surface area (Å²) in [6, 6.07) is 5.00. The van der Waals surface area contributed by atoms with Crippen LogP contribution in [0.15, 0.2) is 23.1 Å². The van der Waals surface area contributed by atoms with Crippen molar-refractivity contribution in [3.8, 4) is 0 Å². The molecule has 0 fully saturated rings. The number of nitrogens with two attached hydrogens (primary N) is 1. The highest BCUT2D eigenvalue weighted by Gasteiger charge is 2.18. The number of aliphatic carboxylic acids is 1. The molecule has 1 aromatic carbocycles. The third-order valence-electron chi connectivity index (χ3n) is 1.75. The molecule has 3 N–H and O–H groups in total. The number of carbonyl (C=O) groups is 1.